The number of amides is 1. The van der Waals surface area contributed by atoms with Crippen molar-refractivity contribution < 1.29 is 4.79 Å². The number of nitrogens with one attached hydrogen (secondary N) is 1. The molecule has 0 radical (unpaired) electrons. The van der Waals surface area contributed by atoms with Gasteiger partial charge in [0.15, 0.2) is 0 Å². The van der Waals surface area contributed by atoms with Crippen LogP contribution in [0, 0.1) is 11.8 Å². The number of fused-ring (bicyclic) bond motifs is 1. The lowest BCUT2D eigenvalue weighted by Crippen LogP contribution is -2.33. The maximum atomic E-state index is 12.7. The largest absolute Gasteiger partial charge is 0.363 e. The van der Waals surface area contributed by atoms with Gasteiger partial charge in [-0.15, -0.1) is 0 Å². The standard InChI is InChI=1S/C16H24N4O/c1-19(2)15-9-12(3-6-18-15)16(21)20-7-4-13-10-17-11-14(13)5-8-20/h3,6,9,13-14,17H,4-5,7-8,10-11H2,1-2H3/t13-,14+. The van der Waals surface area contributed by atoms with Gasteiger partial charge in [-0.05, 0) is 49.9 Å². The third-order valence-corrected chi connectivity index (χ3v) is 4.76. The molecule has 2 fully saturated rings. The van der Waals surface area contributed by atoms with Crippen molar-refractivity contribution in [1.82, 2.24) is 15.2 Å². The molecule has 0 aromatic carbocycles. The summed E-state index contributed by atoms with van der Waals surface area (Å²) in [6.07, 6.45) is 3.96. The molecule has 2 atom stereocenters. The normalized spacial score (nSPS) is 25.3. The fourth-order valence-electron chi connectivity index (χ4n) is 3.40. The Bertz CT molecular complexity index is 503. The molecule has 1 amide bonds. The summed E-state index contributed by atoms with van der Waals surface area (Å²) in [7, 11) is 3.88. The zero-order valence-electron chi connectivity index (χ0n) is 12.9. The lowest BCUT2D eigenvalue weighted by Gasteiger charge is -2.21. The number of hydrogen-bond acceptors (Lipinski definition) is 4. The molecule has 0 spiro atoms. The first-order valence-electron chi connectivity index (χ1n) is 7.78. The van der Waals surface area contributed by atoms with E-state index in [9.17, 15) is 4.79 Å². The smallest absolute Gasteiger partial charge is 0.254 e. The van der Waals surface area contributed by atoms with Crippen LogP contribution < -0.4 is 10.2 Å². The molecule has 2 aliphatic rings. The van der Waals surface area contributed by atoms with Crippen LogP contribution in [0.1, 0.15) is 23.2 Å². The molecule has 2 aliphatic heterocycles. The molecule has 114 valence electrons. The average molecular weight is 288 g/mol. The first-order chi connectivity index (χ1) is 10.1. The summed E-state index contributed by atoms with van der Waals surface area (Å²) in [6.45, 7) is 3.99. The summed E-state index contributed by atoms with van der Waals surface area (Å²) < 4.78 is 0. The second-order valence-corrected chi connectivity index (χ2v) is 6.35. The van der Waals surface area contributed by atoms with Crippen LogP contribution in [0.15, 0.2) is 18.3 Å². The predicted octanol–water partition coefficient (Wildman–Crippen LogP) is 1.22. The molecule has 3 rings (SSSR count). The van der Waals surface area contributed by atoms with Gasteiger partial charge in [-0.1, -0.05) is 0 Å². The van der Waals surface area contributed by atoms with Gasteiger partial charge < -0.3 is 15.1 Å². The Kier molecular flexibility index (Phi) is 4.10. The molecular formula is C16H24N4O. The number of hydrogen-bond donors (Lipinski definition) is 1. The van der Waals surface area contributed by atoms with Gasteiger partial charge in [0.25, 0.3) is 5.91 Å². The molecule has 21 heavy (non-hydrogen) atoms. The van der Waals surface area contributed by atoms with Gasteiger partial charge in [0.2, 0.25) is 0 Å². The maximum absolute atomic E-state index is 12.7. The zero-order chi connectivity index (χ0) is 14.8. The minimum atomic E-state index is 0.147. The summed E-state index contributed by atoms with van der Waals surface area (Å²) in [5.74, 6) is 2.47. The van der Waals surface area contributed by atoms with E-state index in [1.54, 1.807) is 6.20 Å². The Morgan fingerprint density at radius 1 is 1.29 bits per heavy atom. The topological polar surface area (TPSA) is 48.5 Å². The Morgan fingerprint density at radius 3 is 2.57 bits per heavy atom. The van der Waals surface area contributed by atoms with E-state index in [2.05, 4.69) is 10.3 Å². The van der Waals surface area contributed by atoms with Crippen molar-refractivity contribution >= 4 is 11.7 Å². The highest BCUT2D eigenvalue weighted by atomic mass is 16.2. The molecule has 1 N–H and O–H groups in total. The van der Waals surface area contributed by atoms with Crippen LogP contribution in [0.25, 0.3) is 0 Å². The molecule has 0 bridgehead atoms. The van der Waals surface area contributed by atoms with Gasteiger partial charge in [0.1, 0.15) is 5.82 Å². The van der Waals surface area contributed by atoms with Crippen LogP contribution in [-0.4, -0.2) is 56.1 Å². The van der Waals surface area contributed by atoms with Gasteiger partial charge in [-0.2, -0.15) is 0 Å². The fraction of sp³-hybridized carbons (Fsp3) is 0.625. The molecule has 0 aliphatic carbocycles. The van der Waals surface area contributed by atoms with E-state index in [1.165, 1.54) is 0 Å². The Morgan fingerprint density at radius 2 is 1.95 bits per heavy atom. The number of aromatic nitrogens is 1. The molecule has 0 unspecified atom stereocenters. The van der Waals surface area contributed by atoms with Crippen LogP contribution in [0.3, 0.4) is 0 Å². The summed E-state index contributed by atoms with van der Waals surface area (Å²) in [5, 5.41) is 3.47. The summed E-state index contributed by atoms with van der Waals surface area (Å²) in [4.78, 5) is 20.9. The van der Waals surface area contributed by atoms with E-state index in [1.807, 2.05) is 36.0 Å². The highest BCUT2D eigenvalue weighted by molar-refractivity contribution is 5.94. The second-order valence-electron chi connectivity index (χ2n) is 6.35. The van der Waals surface area contributed by atoms with Gasteiger partial charge in [0, 0.05) is 38.9 Å². The van der Waals surface area contributed by atoms with Crippen LogP contribution in [0.5, 0.6) is 0 Å². The number of carbonyl (C=O) groups is 1. The molecule has 5 heteroatoms. The lowest BCUT2D eigenvalue weighted by atomic mass is 9.92. The van der Waals surface area contributed by atoms with E-state index in [4.69, 9.17) is 0 Å². The van der Waals surface area contributed by atoms with E-state index in [0.29, 0.717) is 0 Å². The van der Waals surface area contributed by atoms with Gasteiger partial charge in [-0.3, -0.25) is 4.79 Å². The van der Waals surface area contributed by atoms with Gasteiger partial charge in [-0.25, -0.2) is 4.98 Å². The van der Waals surface area contributed by atoms with Crippen molar-refractivity contribution in [3.63, 3.8) is 0 Å². The van der Waals surface area contributed by atoms with E-state index in [0.717, 1.165) is 62.2 Å². The predicted molar refractivity (Wildman–Crippen MR) is 83.6 cm³/mol. The van der Waals surface area contributed by atoms with Crippen molar-refractivity contribution in [3.8, 4) is 0 Å². The van der Waals surface area contributed by atoms with Crippen molar-refractivity contribution in [2.45, 2.75) is 12.8 Å². The van der Waals surface area contributed by atoms with Gasteiger partial charge in [0.05, 0.1) is 0 Å². The third-order valence-electron chi connectivity index (χ3n) is 4.76. The molecule has 1 aromatic heterocycles. The summed E-state index contributed by atoms with van der Waals surface area (Å²) in [5.41, 5.74) is 0.749. The zero-order valence-corrected chi connectivity index (χ0v) is 12.9. The fourth-order valence-corrected chi connectivity index (χ4v) is 3.40. The van der Waals surface area contributed by atoms with Crippen molar-refractivity contribution in [3.05, 3.63) is 23.9 Å². The number of anilines is 1. The number of nitrogens with zero attached hydrogens (tertiary/aromatic N) is 3. The van der Waals surface area contributed by atoms with Crippen LogP contribution in [0.2, 0.25) is 0 Å². The molecule has 5 nitrogen and oxygen atoms in total. The van der Waals surface area contributed by atoms with E-state index in [-0.39, 0.29) is 5.91 Å². The van der Waals surface area contributed by atoms with Crippen LogP contribution >= 0.6 is 0 Å². The van der Waals surface area contributed by atoms with E-state index < -0.39 is 0 Å². The molecule has 0 saturated carbocycles. The molecular weight excluding hydrogens is 264 g/mol. The molecule has 2 saturated heterocycles. The summed E-state index contributed by atoms with van der Waals surface area (Å²) in [6, 6.07) is 3.71. The van der Waals surface area contributed by atoms with E-state index >= 15 is 0 Å². The minimum Gasteiger partial charge on any atom is -0.363 e. The van der Waals surface area contributed by atoms with Crippen molar-refractivity contribution in [2.75, 3.05) is 45.2 Å². The monoisotopic (exact) mass is 288 g/mol. The number of pyridine rings is 1. The number of likely N-dealkylation sites (tertiary alicyclic amines) is 1. The average Bonchev–Trinajstić information content (AvgIpc) is 2.85. The van der Waals surface area contributed by atoms with Crippen LogP contribution in [-0.2, 0) is 0 Å². The second kappa shape index (κ2) is 6.02. The van der Waals surface area contributed by atoms with Crippen molar-refractivity contribution in [1.29, 1.82) is 0 Å². The highest BCUT2D eigenvalue weighted by Gasteiger charge is 2.31. The van der Waals surface area contributed by atoms with Crippen LogP contribution in [0.4, 0.5) is 5.82 Å². The third kappa shape index (κ3) is 3.02. The number of rotatable bonds is 2. The van der Waals surface area contributed by atoms with Gasteiger partial charge >= 0.3 is 0 Å². The Balaban J connectivity index is 1.71. The Labute approximate surface area is 126 Å². The minimum absolute atomic E-state index is 0.147. The molecule has 3 heterocycles. The molecule has 1 aromatic rings. The lowest BCUT2D eigenvalue weighted by molar-refractivity contribution is 0.0758. The highest BCUT2D eigenvalue weighted by Crippen LogP contribution is 2.27. The maximum Gasteiger partial charge on any atom is 0.254 e. The number of carbonyl (C=O) groups excluding carboxylic acids is 1. The van der Waals surface area contributed by atoms with Crippen molar-refractivity contribution in [2.24, 2.45) is 11.8 Å². The summed E-state index contributed by atoms with van der Waals surface area (Å²) >= 11 is 0. The first-order valence-corrected chi connectivity index (χ1v) is 7.78. The first kappa shape index (κ1) is 14.3. The SMILES string of the molecule is CN(C)c1cc(C(=O)N2CC[C@@H]3CNC[C@@H]3CC2)ccn1. The quantitative estimate of drug-likeness (QED) is 0.889. The Hall–Kier alpha value is -1.62.